The number of rotatable bonds is 8. The molecule has 20 heavy (non-hydrogen) atoms. The van der Waals surface area contributed by atoms with Crippen molar-refractivity contribution in [3.63, 3.8) is 0 Å². The van der Waals surface area contributed by atoms with Gasteiger partial charge < -0.3 is 14.4 Å². The van der Waals surface area contributed by atoms with Gasteiger partial charge in [0.2, 0.25) is 0 Å². The minimum atomic E-state index is -0.382. The average Bonchev–Trinajstić information content (AvgIpc) is 2.48. The third-order valence-electron chi connectivity index (χ3n) is 2.64. The molecule has 6 nitrogen and oxygen atoms in total. The molecule has 0 amide bonds. The molecule has 0 aromatic carbocycles. The predicted octanol–water partition coefficient (Wildman–Crippen LogP) is 1.62. The molecule has 1 aromatic rings. The molecule has 1 aromatic heterocycles. The van der Waals surface area contributed by atoms with Gasteiger partial charge >= 0.3 is 5.97 Å². The molecule has 1 heterocycles. The maximum absolute atomic E-state index is 11.5. The number of aromatic nitrogens is 1. The molecule has 108 valence electrons. The number of hydrogen-bond acceptors (Lipinski definition) is 6. The normalized spacial score (nSPS) is 9.85. The van der Waals surface area contributed by atoms with Crippen molar-refractivity contribution in [1.29, 1.82) is 5.26 Å². The van der Waals surface area contributed by atoms with E-state index in [-0.39, 0.29) is 5.97 Å². The zero-order valence-corrected chi connectivity index (χ0v) is 11.8. The number of methoxy groups -OCH3 is 1. The molecular formula is C14H19N3O3. The summed E-state index contributed by atoms with van der Waals surface area (Å²) in [6.07, 6.45) is 1.89. The Balaban J connectivity index is 2.76. The van der Waals surface area contributed by atoms with Crippen LogP contribution in [0.2, 0.25) is 0 Å². The summed E-state index contributed by atoms with van der Waals surface area (Å²) >= 11 is 0. The lowest BCUT2D eigenvalue weighted by atomic mass is 10.2. The van der Waals surface area contributed by atoms with E-state index >= 15 is 0 Å². The van der Waals surface area contributed by atoms with Crippen molar-refractivity contribution in [2.45, 2.75) is 13.3 Å². The third-order valence-corrected chi connectivity index (χ3v) is 2.64. The second-order valence-electron chi connectivity index (χ2n) is 4.01. The summed E-state index contributed by atoms with van der Waals surface area (Å²) in [6.45, 7) is 3.86. The number of nitriles is 1. The zero-order valence-electron chi connectivity index (χ0n) is 11.8. The third kappa shape index (κ3) is 4.86. The van der Waals surface area contributed by atoms with Gasteiger partial charge in [0, 0.05) is 26.4 Å². The Morgan fingerprint density at radius 3 is 2.80 bits per heavy atom. The number of esters is 1. The van der Waals surface area contributed by atoms with E-state index in [2.05, 4.69) is 11.1 Å². The summed E-state index contributed by atoms with van der Waals surface area (Å²) in [5.41, 5.74) is 0.419. The zero-order chi connectivity index (χ0) is 14.8. The summed E-state index contributed by atoms with van der Waals surface area (Å²) in [5.74, 6) is 0.331. The first-order valence-corrected chi connectivity index (χ1v) is 6.47. The fourth-order valence-electron chi connectivity index (χ4n) is 1.64. The SMILES string of the molecule is CCOC(=O)c1ccc(N(CCC#N)CCOC)nc1. The first-order chi connectivity index (χ1) is 9.72. The van der Waals surface area contributed by atoms with Crippen molar-refractivity contribution in [2.75, 3.05) is 38.3 Å². The molecule has 0 radical (unpaired) electrons. The minimum absolute atomic E-state index is 0.336. The summed E-state index contributed by atoms with van der Waals surface area (Å²) in [7, 11) is 1.62. The summed E-state index contributed by atoms with van der Waals surface area (Å²) in [4.78, 5) is 17.7. The smallest absolute Gasteiger partial charge is 0.339 e. The van der Waals surface area contributed by atoms with Crippen molar-refractivity contribution in [2.24, 2.45) is 0 Å². The highest BCUT2D eigenvalue weighted by molar-refractivity contribution is 5.89. The second kappa shape index (κ2) is 8.88. The van der Waals surface area contributed by atoms with Crippen LogP contribution in [0.15, 0.2) is 18.3 Å². The number of carbonyl (C=O) groups excluding carboxylic acids is 1. The van der Waals surface area contributed by atoms with Crippen molar-refractivity contribution in [3.8, 4) is 6.07 Å². The maximum Gasteiger partial charge on any atom is 0.339 e. The van der Waals surface area contributed by atoms with Crippen LogP contribution < -0.4 is 4.90 Å². The van der Waals surface area contributed by atoms with Crippen molar-refractivity contribution in [1.82, 2.24) is 4.98 Å². The predicted molar refractivity (Wildman–Crippen MR) is 74.5 cm³/mol. The highest BCUT2D eigenvalue weighted by Crippen LogP contribution is 2.12. The van der Waals surface area contributed by atoms with Crippen LogP contribution in [0.4, 0.5) is 5.82 Å². The fourth-order valence-corrected chi connectivity index (χ4v) is 1.64. The van der Waals surface area contributed by atoms with E-state index in [1.807, 2.05) is 4.90 Å². The fraction of sp³-hybridized carbons (Fsp3) is 0.500. The quantitative estimate of drug-likeness (QED) is 0.672. The van der Waals surface area contributed by atoms with E-state index in [0.29, 0.717) is 44.1 Å². The van der Waals surface area contributed by atoms with Gasteiger partial charge in [-0.25, -0.2) is 9.78 Å². The number of carbonyl (C=O) groups is 1. The Labute approximate surface area is 118 Å². The van der Waals surface area contributed by atoms with E-state index in [1.165, 1.54) is 6.20 Å². The van der Waals surface area contributed by atoms with Gasteiger partial charge in [-0.15, -0.1) is 0 Å². The van der Waals surface area contributed by atoms with Gasteiger partial charge in [0.25, 0.3) is 0 Å². The summed E-state index contributed by atoms with van der Waals surface area (Å²) in [6, 6.07) is 5.53. The number of nitrogens with zero attached hydrogens (tertiary/aromatic N) is 3. The molecule has 1 rings (SSSR count). The second-order valence-corrected chi connectivity index (χ2v) is 4.01. The Hall–Kier alpha value is -2.13. The van der Waals surface area contributed by atoms with Crippen LogP contribution in [0, 0.1) is 11.3 Å². The van der Waals surface area contributed by atoms with E-state index in [0.717, 1.165) is 0 Å². The lowest BCUT2D eigenvalue weighted by Gasteiger charge is -2.22. The molecule has 0 N–H and O–H groups in total. The minimum Gasteiger partial charge on any atom is -0.462 e. The van der Waals surface area contributed by atoms with E-state index < -0.39 is 0 Å². The number of ether oxygens (including phenoxy) is 2. The summed E-state index contributed by atoms with van der Waals surface area (Å²) in [5, 5.41) is 8.67. The molecule has 0 unspecified atom stereocenters. The number of pyridine rings is 1. The molecule has 0 aliphatic rings. The first kappa shape index (κ1) is 15.9. The highest BCUT2D eigenvalue weighted by Gasteiger charge is 2.10. The molecule has 6 heteroatoms. The Bertz CT molecular complexity index is 454. The standard InChI is InChI=1S/C14H19N3O3/c1-3-20-14(18)12-5-6-13(16-11-12)17(8-4-7-15)9-10-19-2/h5-6,11H,3-4,8-10H2,1-2H3. The molecule has 0 bridgehead atoms. The van der Waals surface area contributed by atoms with Crippen LogP contribution >= 0.6 is 0 Å². The van der Waals surface area contributed by atoms with Gasteiger partial charge in [0.15, 0.2) is 0 Å². The van der Waals surface area contributed by atoms with E-state index in [9.17, 15) is 4.79 Å². The monoisotopic (exact) mass is 277 g/mol. The topological polar surface area (TPSA) is 75.5 Å². The molecule has 0 spiro atoms. The molecular weight excluding hydrogens is 258 g/mol. The van der Waals surface area contributed by atoms with Gasteiger partial charge in [-0.3, -0.25) is 0 Å². The van der Waals surface area contributed by atoms with E-state index in [4.69, 9.17) is 14.7 Å². The molecule has 0 saturated heterocycles. The maximum atomic E-state index is 11.5. The van der Waals surface area contributed by atoms with Crippen molar-refractivity contribution >= 4 is 11.8 Å². The van der Waals surface area contributed by atoms with Crippen LogP contribution in [-0.4, -0.2) is 44.4 Å². The van der Waals surface area contributed by atoms with Crippen LogP contribution in [0.5, 0.6) is 0 Å². The van der Waals surface area contributed by atoms with Crippen LogP contribution in [0.3, 0.4) is 0 Å². The van der Waals surface area contributed by atoms with Crippen LogP contribution in [0.25, 0.3) is 0 Å². The largest absolute Gasteiger partial charge is 0.462 e. The highest BCUT2D eigenvalue weighted by atomic mass is 16.5. The van der Waals surface area contributed by atoms with Gasteiger partial charge in [-0.2, -0.15) is 5.26 Å². The molecule has 0 aliphatic carbocycles. The molecule has 0 aliphatic heterocycles. The molecule has 0 atom stereocenters. The van der Waals surface area contributed by atoms with Gasteiger partial charge in [-0.1, -0.05) is 0 Å². The lowest BCUT2D eigenvalue weighted by molar-refractivity contribution is 0.0526. The first-order valence-electron chi connectivity index (χ1n) is 6.47. The Morgan fingerprint density at radius 2 is 2.25 bits per heavy atom. The Morgan fingerprint density at radius 1 is 1.45 bits per heavy atom. The van der Waals surface area contributed by atoms with Gasteiger partial charge in [0.1, 0.15) is 5.82 Å². The summed E-state index contributed by atoms with van der Waals surface area (Å²) < 4.78 is 9.94. The number of hydrogen-bond donors (Lipinski definition) is 0. The van der Waals surface area contributed by atoms with Crippen LogP contribution in [0.1, 0.15) is 23.7 Å². The molecule has 0 saturated carbocycles. The van der Waals surface area contributed by atoms with Crippen LogP contribution in [-0.2, 0) is 9.47 Å². The Kier molecular flexibility index (Phi) is 7.07. The number of anilines is 1. The molecule has 0 fully saturated rings. The van der Waals surface area contributed by atoms with Gasteiger partial charge in [0.05, 0.1) is 31.3 Å². The van der Waals surface area contributed by atoms with Crippen molar-refractivity contribution < 1.29 is 14.3 Å². The van der Waals surface area contributed by atoms with Crippen molar-refractivity contribution in [3.05, 3.63) is 23.9 Å². The van der Waals surface area contributed by atoms with E-state index in [1.54, 1.807) is 26.2 Å². The lowest BCUT2D eigenvalue weighted by Crippen LogP contribution is -2.29. The average molecular weight is 277 g/mol. The van der Waals surface area contributed by atoms with Gasteiger partial charge in [-0.05, 0) is 19.1 Å².